The second-order valence-corrected chi connectivity index (χ2v) is 5.86. The molecule has 3 heterocycles. The molecule has 3 aliphatic heterocycles. The number of methoxy groups -OCH3 is 1. The lowest BCUT2D eigenvalue weighted by molar-refractivity contribution is -0.160. The standard InChI is InChI=1S/C16H22N2O3.2ClH/c1-20-13-4-2-12(3-5-13)15(17)16(19)21-14-10-18-8-6-11(14)7-9-18;;/h2-5,11,14-15H,6-10,17H2,1H3;2*1H/t14-,15?;;/m0../s1. The molecule has 3 saturated heterocycles. The van der Waals surface area contributed by atoms with Crippen molar-refractivity contribution in [1.82, 2.24) is 4.90 Å². The molecule has 1 aromatic rings. The van der Waals surface area contributed by atoms with Gasteiger partial charge in [-0.05, 0) is 49.5 Å². The third kappa shape index (κ3) is 4.51. The van der Waals surface area contributed by atoms with Gasteiger partial charge >= 0.3 is 5.97 Å². The number of piperidine rings is 3. The average molecular weight is 363 g/mol. The smallest absolute Gasteiger partial charge is 0.327 e. The number of hydrogen-bond acceptors (Lipinski definition) is 5. The van der Waals surface area contributed by atoms with E-state index in [1.54, 1.807) is 31.4 Å². The fourth-order valence-electron chi connectivity index (χ4n) is 3.21. The molecule has 7 heteroatoms. The molecule has 4 rings (SSSR count). The number of rotatable bonds is 4. The Labute approximate surface area is 149 Å². The number of nitrogens with two attached hydrogens (primary N) is 1. The predicted octanol–water partition coefficient (Wildman–Crippen LogP) is 2.18. The van der Waals surface area contributed by atoms with Crippen LogP contribution in [-0.4, -0.2) is 43.7 Å². The third-order valence-corrected chi connectivity index (χ3v) is 4.59. The van der Waals surface area contributed by atoms with Crippen LogP contribution in [0.3, 0.4) is 0 Å². The number of ether oxygens (including phenoxy) is 2. The first-order chi connectivity index (χ1) is 10.2. The van der Waals surface area contributed by atoms with E-state index in [0.29, 0.717) is 5.92 Å². The highest BCUT2D eigenvalue weighted by atomic mass is 35.5. The highest BCUT2D eigenvalue weighted by Gasteiger charge is 2.37. The maximum Gasteiger partial charge on any atom is 0.327 e. The van der Waals surface area contributed by atoms with Crippen LogP contribution in [0.25, 0.3) is 0 Å². The van der Waals surface area contributed by atoms with Crippen molar-refractivity contribution in [3.8, 4) is 5.75 Å². The number of carbonyl (C=O) groups excluding carboxylic acids is 1. The fourth-order valence-corrected chi connectivity index (χ4v) is 3.21. The minimum absolute atomic E-state index is 0. The Morgan fingerprint density at radius 3 is 2.30 bits per heavy atom. The lowest BCUT2D eigenvalue weighted by Gasteiger charge is -2.44. The molecule has 1 aromatic carbocycles. The Balaban J connectivity index is 0.00000132. The topological polar surface area (TPSA) is 64.8 Å². The van der Waals surface area contributed by atoms with Gasteiger partial charge in [-0.25, -0.2) is 4.79 Å². The molecule has 5 nitrogen and oxygen atoms in total. The highest BCUT2D eigenvalue weighted by molar-refractivity contribution is 5.85. The summed E-state index contributed by atoms with van der Waals surface area (Å²) in [5.74, 6) is 0.914. The number of benzene rings is 1. The number of halogens is 2. The van der Waals surface area contributed by atoms with Crippen molar-refractivity contribution < 1.29 is 14.3 Å². The Kier molecular flexibility index (Phi) is 7.61. The normalized spacial score (nSPS) is 26.4. The van der Waals surface area contributed by atoms with E-state index in [9.17, 15) is 4.79 Å². The Morgan fingerprint density at radius 1 is 1.22 bits per heavy atom. The number of nitrogens with zero attached hydrogens (tertiary/aromatic N) is 1. The summed E-state index contributed by atoms with van der Waals surface area (Å²) < 4.78 is 10.8. The first-order valence-corrected chi connectivity index (χ1v) is 7.50. The summed E-state index contributed by atoms with van der Waals surface area (Å²) in [5.41, 5.74) is 6.77. The van der Waals surface area contributed by atoms with Crippen molar-refractivity contribution in [2.45, 2.75) is 25.0 Å². The molecule has 3 aliphatic rings. The number of hydrogen-bond donors (Lipinski definition) is 1. The monoisotopic (exact) mass is 362 g/mol. The minimum Gasteiger partial charge on any atom is -0.497 e. The molecule has 0 spiro atoms. The van der Waals surface area contributed by atoms with Gasteiger partial charge in [-0.1, -0.05) is 12.1 Å². The van der Waals surface area contributed by atoms with Gasteiger partial charge in [-0.2, -0.15) is 0 Å². The number of carbonyl (C=O) groups is 1. The first-order valence-electron chi connectivity index (χ1n) is 7.50. The lowest BCUT2D eigenvalue weighted by atomic mass is 9.86. The van der Waals surface area contributed by atoms with E-state index in [1.807, 2.05) is 0 Å². The minimum atomic E-state index is -0.730. The molecular formula is C16H24Cl2N2O3. The van der Waals surface area contributed by atoms with E-state index in [1.165, 1.54) is 0 Å². The molecule has 0 aromatic heterocycles. The molecule has 0 amide bonds. The van der Waals surface area contributed by atoms with Crippen LogP contribution >= 0.6 is 24.8 Å². The SMILES string of the molecule is COc1ccc(C(N)C(=O)O[C@H]2CN3CCC2CC3)cc1.Cl.Cl. The van der Waals surface area contributed by atoms with E-state index in [-0.39, 0.29) is 36.9 Å². The van der Waals surface area contributed by atoms with Gasteiger partial charge in [0, 0.05) is 6.54 Å². The van der Waals surface area contributed by atoms with Crippen LogP contribution in [0.4, 0.5) is 0 Å². The summed E-state index contributed by atoms with van der Waals surface area (Å²) in [7, 11) is 1.61. The quantitative estimate of drug-likeness (QED) is 0.831. The van der Waals surface area contributed by atoms with Crippen LogP contribution in [-0.2, 0) is 9.53 Å². The molecule has 2 bridgehead atoms. The summed E-state index contributed by atoms with van der Waals surface area (Å²) in [4.78, 5) is 14.6. The van der Waals surface area contributed by atoms with Crippen LogP contribution in [0, 0.1) is 5.92 Å². The summed E-state index contributed by atoms with van der Waals surface area (Å²) >= 11 is 0. The number of fused-ring (bicyclic) bond motifs is 3. The zero-order chi connectivity index (χ0) is 14.8. The third-order valence-electron chi connectivity index (χ3n) is 4.59. The van der Waals surface area contributed by atoms with E-state index >= 15 is 0 Å². The first kappa shape index (κ1) is 20.0. The van der Waals surface area contributed by atoms with Crippen molar-refractivity contribution in [3.05, 3.63) is 29.8 Å². The van der Waals surface area contributed by atoms with Gasteiger partial charge in [0.1, 0.15) is 17.9 Å². The molecule has 130 valence electrons. The fraction of sp³-hybridized carbons (Fsp3) is 0.562. The van der Waals surface area contributed by atoms with Crippen molar-refractivity contribution in [2.75, 3.05) is 26.7 Å². The molecule has 0 saturated carbocycles. The molecule has 2 atom stereocenters. The number of esters is 1. The molecule has 0 radical (unpaired) electrons. The van der Waals surface area contributed by atoms with Crippen LogP contribution < -0.4 is 10.5 Å². The second-order valence-electron chi connectivity index (χ2n) is 5.86. The van der Waals surface area contributed by atoms with Crippen molar-refractivity contribution >= 4 is 30.8 Å². The largest absolute Gasteiger partial charge is 0.497 e. The summed E-state index contributed by atoms with van der Waals surface area (Å²) in [6.45, 7) is 3.11. The molecule has 3 fully saturated rings. The van der Waals surface area contributed by atoms with Crippen molar-refractivity contribution in [3.63, 3.8) is 0 Å². The Bertz CT molecular complexity index is 505. The van der Waals surface area contributed by atoms with Crippen LogP contribution in [0.1, 0.15) is 24.4 Å². The van der Waals surface area contributed by atoms with Gasteiger partial charge < -0.3 is 15.2 Å². The summed E-state index contributed by atoms with van der Waals surface area (Å²) in [6.07, 6.45) is 2.25. The van der Waals surface area contributed by atoms with E-state index in [0.717, 1.165) is 43.8 Å². The highest BCUT2D eigenvalue weighted by Crippen LogP contribution is 2.30. The van der Waals surface area contributed by atoms with Crippen molar-refractivity contribution in [2.24, 2.45) is 11.7 Å². The van der Waals surface area contributed by atoms with Gasteiger partial charge in [0.15, 0.2) is 0 Å². The molecule has 1 unspecified atom stereocenters. The predicted molar refractivity (Wildman–Crippen MR) is 93.5 cm³/mol. The van der Waals surface area contributed by atoms with Crippen molar-refractivity contribution in [1.29, 1.82) is 0 Å². The van der Waals surface area contributed by atoms with Gasteiger partial charge in [0.2, 0.25) is 0 Å². The Morgan fingerprint density at radius 2 is 1.83 bits per heavy atom. The molecule has 2 N–H and O–H groups in total. The maximum absolute atomic E-state index is 12.2. The second kappa shape index (κ2) is 8.73. The van der Waals surface area contributed by atoms with Crippen LogP contribution in [0.2, 0.25) is 0 Å². The van der Waals surface area contributed by atoms with Gasteiger partial charge in [0.05, 0.1) is 7.11 Å². The van der Waals surface area contributed by atoms with E-state index < -0.39 is 6.04 Å². The molecule has 23 heavy (non-hydrogen) atoms. The molecule has 0 aliphatic carbocycles. The molecular weight excluding hydrogens is 339 g/mol. The van der Waals surface area contributed by atoms with Gasteiger partial charge in [-0.3, -0.25) is 4.90 Å². The summed E-state index contributed by atoms with van der Waals surface area (Å²) in [5, 5.41) is 0. The Hall–Kier alpha value is -1.01. The van der Waals surface area contributed by atoms with Crippen LogP contribution in [0.5, 0.6) is 5.75 Å². The zero-order valence-corrected chi connectivity index (χ0v) is 14.8. The average Bonchev–Trinajstić information content (AvgIpc) is 2.55. The summed E-state index contributed by atoms with van der Waals surface area (Å²) in [6, 6.07) is 6.49. The van der Waals surface area contributed by atoms with E-state index in [2.05, 4.69) is 4.90 Å². The van der Waals surface area contributed by atoms with Gasteiger partial charge in [0.25, 0.3) is 0 Å². The lowest BCUT2D eigenvalue weighted by Crippen LogP contribution is -2.52. The zero-order valence-electron chi connectivity index (χ0n) is 13.1. The van der Waals surface area contributed by atoms with Gasteiger partial charge in [-0.15, -0.1) is 24.8 Å². The van der Waals surface area contributed by atoms with E-state index in [4.69, 9.17) is 15.2 Å². The maximum atomic E-state index is 12.2. The van der Waals surface area contributed by atoms with Crippen LogP contribution in [0.15, 0.2) is 24.3 Å².